The van der Waals surface area contributed by atoms with E-state index in [1.807, 2.05) is 0 Å². The normalized spacial score (nSPS) is 10.7. The highest BCUT2D eigenvalue weighted by Gasteiger charge is 2.09. The lowest BCUT2D eigenvalue weighted by molar-refractivity contribution is 0.0947. The molecule has 26 heavy (non-hydrogen) atoms. The van der Waals surface area contributed by atoms with Gasteiger partial charge in [-0.3, -0.25) is 14.2 Å². The van der Waals surface area contributed by atoms with Crippen molar-refractivity contribution in [3.8, 4) is 5.75 Å². The van der Waals surface area contributed by atoms with E-state index in [0.29, 0.717) is 22.2 Å². The van der Waals surface area contributed by atoms with Gasteiger partial charge in [0.1, 0.15) is 18.2 Å². The number of aromatic amines is 1. The number of ether oxygens (including phenoxy) is 1. The third kappa shape index (κ3) is 3.80. The van der Waals surface area contributed by atoms with E-state index in [9.17, 15) is 14.0 Å². The standard InChI is InChI=1S/C18H16FN3O3S/c1-22-17(24)14-6-5-11(9-15(14)21-18(22)26)16(23)20-7-8-25-13-4-2-3-12(19)10-13/h2-6,9-10H,7-8H2,1H3,(H,20,23)(H,21,26). The van der Waals surface area contributed by atoms with E-state index >= 15 is 0 Å². The summed E-state index contributed by atoms with van der Waals surface area (Å²) in [4.78, 5) is 27.3. The van der Waals surface area contributed by atoms with Gasteiger partial charge in [0.2, 0.25) is 0 Å². The average molecular weight is 373 g/mol. The minimum atomic E-state index is -0.383. The maximum atomic E-state index is 13.1. The molecule has 6 nitrogen and oxygen atoms in total. The van der Waals surface area contributed by atoms with Crippen LogP contribution >= 0.6 is 12.2 Å². The van der Waals surface area contributed by atoms with Gasteiger partial charge in [0.05, 0.1) is 17.4 Å². The average Bonchev–Trinajstić information content (AvgIpc) is 2.63. The zero-order chi connectivity index (χ0) is 18.7. The lowest BCUT2D eigenvalue weighted by Crippen LogP contribution is -2.28. The van der Waals surface area contributed by atoms with Gasteiger partial charge in [-0.25, -0.2) is 4.39 Å². The fourth-order valence-corrected chi connectivity index (χ4v) is 2.63. The van der Waals surface area contributed by atoms with Crippen LogP contribution in [0.2, 0.25) is 0 Å². The van der Waals surface area contributed by atoms with Crippen LogP contribution in [0.1, 0.15) is 10.4 Å². The first-order chi connectivity index (χ1) is 12.5. The second-order valence-electron chi connectivity index (χ2n) is 5.62. The Balaban J connectivity index is 1.65. The molecule has 0 aliphatic rings. The zero-order valence-electron chi connectivity index (χ0n) is 13.9. The van der Waals surface area contributed by atoms with Gasteiger partial charge in [0.15, 0.2) is 4.77 Å². The third-order valence-corrected chi connectivity index (χ3v) is 4.19. The summed E-state index contributed by atoms with van der Waals surface area (Å²) >= 11 is 5.08. The number of halogens is 1. The molecule has 0 unspecified atom stereocenters. The van der Waals surface area contributed by atoms with Crippen molar-refractivity contribution in [1.82, 2.24) is 14.9 Å². The molecule has 0 saturated heterocycles. The van der Waals surface area contributed by atoms with Gasteiger partial charge in [-0.05, 0) is 42.5 Å². The smallest absolute Gasteiger partial charge is 0.261 e. The molecular weight excluding hydrogens is 357 g/mol. The first-order valence-electron chi connectivity index (χ1n) is 7.85. The maximum absolute atomic E-state index is 13.1. The molecule has 0 spiro atoms. The second kappa shape index (κ2) is 7.49. The predicted molar refractivity (Wildman–Crippen MR) is 98.6 cm³/mol. The summed E-state index contributed by atoms with van der Waals surface area (Å²) in [6.45, 7) is 0.450. The number of nitrogens with one attached hydrogen (secondary N) is 2. The number of carbonyl (C=O) groups excluding carboxylic acids is 1. The van der Waals surface area contributed by atoms with Crippen LogP contribution in [0.4, 0.5) is 4.39 Å². The molecule has 0 bridgehead atoms. The van der Waals surface area contributed by atoms with Crippen molar-refractivity contribution in [2.24, 2.45) is 7.05 Å². The molecule has 8 heteroatoms. The van der Waals surface area contributed by atoms with E-state index in [2.05, 4.69) is 10.3 Å². The number of H-pyrrole nitrogens is 1. The van der Waals surface area contributed by atoms with Crippen LogP contribution in [-0.4, -0.2) is 28.6 Å². The van der Waals surface area contributed by atoms with E-state index in [4.69, 9.17) is 17.0 Å². The first kappa shape index (κ1) is 17.8. The van der Waals surface area contributed by atoms with Gasteiger partial charge in [-0.1, -0.05) is 6.07 Å². The van der Waals surface area contributed by atoms with Crippen LogP contribution in [-0.2, 0) is 7.05 Å². The molecule has 134 valence electrons. The summed E-state index contributed by atoms with van der Waals surface area (Å²) in [6, 6.07) is 10.5. The summed E-state index contributed by atoms with van der Waals surface area (Å²) < 4.78 is 20.0. The molecule has 1 amide bonds. The van der Waals surface area contributed by atoms with Gasteiger partial charge in [-0.2, -0.15) is 0 Å². The highest BCUT2D eigenvalue weighted by atomic mass is 32.1. The Labute approximate surface area is 153 Å². The number of fused-ring (bicyclic) bond motifs is 1. The van der Waals surface area contributed by atoms with E-state index in [1.54, 1.807) is 37.4 Å². The number of aromatic nitrogens is 2. The summed E-state index contributed by atoms with van der Waals surface area (Å²) in [6.07, 6.45) is 0. The summed E-state index contributed by atoms with van der Waals surface area (Å²) in [5, 5.41) is 3.16. The molecule has 1 heterocycles. The molecule has 0 saturated carbocycles. The number of rotatable bonds is 5. The van der Waals surface area contributed by atoms with E-state index < -0.39 is 0 Å². The van der Waals surface area contributed by atoms with Crippen molar-refractivity contribution in [1.29, 1.82) is 0 Å². The Kier molecular flexibility index (Phi) is 5.13. The molecule has 2 N–H and O–H groups in total. The summed E-state index contributed by atoms with van der Waals surface area (Å²) in [7, 11) is 1.58. The van der Waals surface area contributed by atoms with Crippen LogP contribution in [0.15, 0.2) is 47.3 Å². The van der Waals surface area contributed by atoms with E-state index in [-0.39, 0.29) is 35.2 Å². The van der Waals surface area contributed by atoms with Crippen molar-refractivity contribution in [2.75, 3.05) is 13.2 Å². The molecule has 3 rings (SSSR count). The van der Waals surface area contributed by atoms with Crippen LogP contribution in [0.25, 0.3) is 10.9 Å². The van der Waals surface area contributed by atoms with Gasteiger partial charge in [-0.15, -0.1) is 0 Å². The molecular formula is C18H16FN3O3S. The van der Waals surface area contributed by atoms with E-state index in [1.165, 1.54) is 16.7 Å². The van der Waals surface area contributed by atoms with Crippen LogP contribution in [0.5, 0.6) is 5.75 Å². The van der Waals surface area contributed by atoms with Crippen LogP contribution < -0.4 is 15.6 Å². The molecule has 3 aromatic rings. The molecule has 0 fully saturated rings. The number of carbonyl (C=O) groups is 1. The number of amides is 1. The number of hydrogen-bond acceptors (Lipinski definition) is 4. The van der Waals surface area contributed by atoms with Gasteiger partial charge >= 0.3 is 0 Å². The number of benzene rings is 2. The molecule has 0 aliphatic heterocycles. The Morgan fingerprint density at radius 3 is 2.88 bits per heavy atom. The highest BCUT2D eigenvalue weighted by Crippen LogP contribution is 2.12. The zero-order valence-corrected chi connectivity index (χ0v) is 14.7. The summed E-state index contributed by atoms with van der Waals surface area (Å²) in [5.41, 5.74) is 0.670. The SMILES string of the molecule is Cn1c(=S)[nH]c2cc(C(=O)NCCOc3cccc(F)c3)ccc2c1=O. The Morgan fingerprint density at radius 2 is 2.12 bits per heavy atom. The number of hydrogen-bond donors (Lipinski definition) is 2. The third-order valence-electron chi connectivity index (χ3n) is 3.82. The molecule has 1 aromatic heterocycles. The van der Waals surface area contributed by atoms with Crippen molar-refractivity contribution >= 4 is 29.0 Å². The quantitative estimate of drug-likeness (QED) is 0.532. The fourth-order valence-electron chi connectivity index (χ4n) is 2.44. The van der Waals surface area contributed by atoms with Crippen molar-refractivity contribution in [3.05, 3.63) is 69.0 Å². The van der Waals surface area contributed by atoms with E-state index in [0.717, 1.165) is 0 Å². The minimum Gasteiger partial charge on any atom is -0.492 e. The highest BCUT2D eigenvalue weighted by molar-refractivity contribution is 7.71. The van der Waals surface area contributed by atoms with Gasteiger partial charge in [0, 0.05) is 18.7 Å². The number of nitrogens with zero attached hydrogens (tertiary/aromatic N) is 1. The van der Waals surface area contributed by atoms with Crippen molar-refractivity contribution in [3.63, 3.8) is 0 Å². The lowest BCUT2D eigenvalue weighted by atomic mass is 10.1. The monoisotopic (exact) mass is 373 g/mol. The minimum absolute atomic E-state index is 0.200. The predicted octanol–water partition coefficient (Wildman–Crippen LogP) is 2.54. The van der Waals surface area contributed by atoms with Gasteiger partial charge in [0.25, 0.3) is 11.5 Å². The maximum Gasteiger partial charge on any atom is 0.261 e. The Morgan fingerprint density at radius 1 is 1.31 bits per heavy atom. The second-order valence-corrected chi connectivity index (χ2v) is 6.00. The first-order valence-corrected chi connectivity index (χ1v) is 8.26. The fraction of sp³-hybridized carbons (Fsp3) is 0.167. The van der Waals surface area contributed by atoms with Crippen molar-refractivity contribution in [2.45, 2.75) is 0 Å². The lowest BCUT2D eigenvalue weighted by Gasteiger charge is -2.09. The largest absolute Gasteiger partial charge is 0.492 e. The summed E-state index contributed by atoms with van der Waals surface area (Å²) in [5.74, 6) is -0.297. The molecule has 2 aromatic carbocycles. The van der Waals surface area contributed by atoms with Crippen LogP contribution in [0.3, 0.4) is 0 Å². The molecule has 0 radical (unpaired) electrons. The Bertz CT molecular complexity index is 1090. The molecule has 0 aliphatic carbocycles. The van der Waals surface area contributed by atoms with Crippen molar-refractivity contribution < 1.29 is 13.9 Å². The van der Waals surface area contributed by atoms with Crippen LogP contribution in [0, 0.1) is 10.6 Å². The molecule has 0 atom stereocenters. The topological polar surface area (TPSA) is 76.1 Å². The Hall–Kier alpha value is -3.00. The van der Waals surface area contributed by atoms with Gasteiger partial charge < -0.3 is 15.0 Å².